The van der Waals surface area contributed by atoms with Crippen molar-refractivity contribution in [1.29, 1.82) is 0 Å². The van der Waals surface area contributed by atoms with E-state index in [2.05, 4.69) is 15.5 Å². The molecule has 1 aromatic rings. The minimum atomic E-state index is -1.34. The van der Waals surface area contributed by atoms with Crippen molar-refractivity contribution in [2.45, 2.75) is 26.0 Å². The molecule has 2 unspecified atom stereocenters. The molecule has 0 fully saturated rings. The fourth-order valence-electron chi connectivity index (χ4n) is 1.14. The normalized spacial score (nSPS) is 14.2. The quantitative estimate of drug-likeness (QED) is 0.542. The molecule has 7 nitrogen and oxygen atoms in total. The molecular formula is C9H13N3O4. The molecule has 0 spiro atoms. The average Bonchev–Trinajstić information content (AvgIpc) is 2.59. The molecule has 0 aromatic carbocycles. The molecule has 1 amide bonds. The highest BCUT2D eigenvalue weighted by Crippen LogP contribution is 2.00. The number of carbonyl (C=O) groups excluding carboxylic acids is 1. The molecule has 1 aromatic heterocycles. The fraction of sp³-hybridized carbons (Fsp3) is 0.444. The van der Waals surface area contributed by atoms with Crippen LogP contribution in [0, 0.1) is 6.92 Å². The van der Waals surface area contributed by atoms with E-state index in [4.69, 9.17) is 10.2 Å². The predicted octanol–water partition coefficient (Wildman–Crippen LogP) is -0.718. The summed E-state index contributed by atoms with van der Waals surface area (Å²) in [6.45, 7) is 3.00. The summed E-state index contributed by atoms with van der Waals surface area (Å²) in [4.78, 5) is 22.2. The molecular weight excluding hydrogens is 214 g/mol. The summed E-state index contributed by atoms with van der Waals surface area (Å²) >= 11 is 0. The van der Waals surface area contributed by atoms with E-state index < -0.39 is 24.0 Å². The highest BCUT2D eigenvalue weighted by atomic mass is 16.4. The zero-order valence-corrected chi connectivity index (χ0v) is 8.89. The lowest BCUT2D eigenvalue weighted by Gasteiger charge is -2.15. The highest BCUT2D eigenvalue weighted by Gasteiger charge is 2.26. The first-order valence-corrected chi connectivity index (χ1v) is 4.65. The first-order chi connectivity index (χ1) is 7.41. The number of carbonyl (C=O) groups is 2. The molecule has 0 bridgehead atoms. The van der Waals surface area contributed by atoms with E-state index in [1.54, 1.807) is 6.92 Å². The molecule has 0 aliphatic carbocycles. The number of hydrogen-bond acceptors (Lipinski definition) is 4. The Morgan fingerprint density at radius 2 is 2.19 bits per heavy atom. The molecule has 16 heavy (non-hydrogen) atoms. The second kappa shape index (κ2) is 4.75. The zero-order chi connectivity index (χ0) is 12.3. The van der Waals surface area contributed by atoms with Crippen LogP contribution in [-0.2, 0) is 4.79 Å². The van der Waals surface area contributed by atoms with Crippen LogP contribution in [0.3, 0.4) is 0 Å². The van der Waals surface area contributed by atoms with Gasteiger partial charge in [-0.2, -0.15) is 5.10 Å². The third kappa shape index (κ3) is 2.80. The largest absolute Gasteiger partial charge is 0.480 e. The number of nitrogens with zero attached hydrogens (tertiary/aromatic N) is 1. The van der Waals surface area contributed by atoms with Crippen LogP contribution in [0.4, 0.5) is 0 Å². The number of aryl methyl sites for hydroxylation is 1. The summed E-state index contributed by atoms with van der Waals surface area (Å²) < 4.78 is 0. The molecule has 0 saturated carbocycles. The van der Waals surface area contributed by atoms with Gasteiger partial charge in [0.2, 0.25) is 0 Å². The number of carboxylic acid groups (broad SMARTS) is 1. The van der Waals surface area contributed by atoms with Gasteiger partial charge in [-0.15, -0.1) is 0 Å². The summed E-state index contributed by atoms with van der Waals surface area (Å²) in [6.07, 6.45) is -1.18. The van der Waals surface area contributed by atoms with Crippen LogP contribution in [0.15, 0.2) is 6.07 Å². The first-order valence-electron chi connectivity index (χ1n) is 4.65. The van der Waals surface area contributed by atoms with Gasteiger partial charge in [-0.05, 0) is 19.9 Å². The number of aromatic nitrogens is 2. The van der Waals surface area contributed by atoms with E-state index in [9.17, 15) is 9.59 Å². The number of hydrogen-bond donors (Lipinski definition) is 4. The maximum Gasteiger partial charge on any atom is 0.328 e. The molecule has 0 radical (unpaired) electrons. The maximum absolute atomic E-state index is 11.5. The maximum atomic E-state index is 11.5. The van der Waals surface area contributed by atoms with Gasteiger partial charge in [0.15, 0.2) is 6.04 Å². The van der Waals surface area contributed by atoms with Gasteiger partial charge in [0, 0.05) is 5.69 Å². The summed E-state index contributed by atoms with van der Waals surface area (Å²) in [5.41, 5.74) is 0.776. The van der Waals surface area contributed by atoms with Crippen molar-refractivity contribution in [1.82, 2.24) is 15.5 Å². The topological polar surface area (TPSA) is 115 Å². The van der Waals surface area contributed by atoms with Gasteiger partial charge < -0.3 is 15.5 Å². The Kier molecular flexibility index (Phi) is 3.62. The molecule has 1 rings (SSSR count). The van der Waals surface area contributed by atoms with Crippen molar-refractivity contribution >= 4 is 11.9 Å². The summed E-state index contributed by atoms with van der Waals surface area (Å²) in [5, 5.41) is 26.3. The molecule has 1 heterocycles. The number of aliphatic hydroxyl groups is 1. The van der Waals surface area contributed by atoms with E-state index in [1.807, 2.05) is 0 Å². The van der Waals surface area contributed by atoms with Crippen LogP contribution >= 0.6 is 0 Å². The lowest BCUT2D eigenvalue weighted by atomic mass is 10.2. The van der Waals surface area contributed by atoms with Gasteiger partial charge in [-0.3, -0.25) is 9.89 Å². The Balaban J connectivity index is 2.73. The van der Waals surface area contributed by atoms with E-state index in [1.165, 1.54) is 13.0 Å². The van der Waals surface area contributed by atoms with Crippen LogP contribution in [0.5, 0.6) is 0 Å². The van der Waals surface area contributed by atoms with Gasteiger partial charge in [-0.1, -0.05) is 0 Å². The second-order valence-corrected chi connectivity index (χ2v) is 3.47. The fourth-order valence-corrected chi connectivity index (χ4v) is 1.14. The molecule has 0 aliphatic heterocycles. The minimum absolute atomic E-state index is 0.0874. The van der Waals surface area contributed by atoms with Crippen molar-refractivity contribution in [3.05, 3.63) is 17.5 Å². The summed E-state index contributed by atoms with van der Waals surface area (Å²) in [5.74, 6) is -1.94. The standard InChI is InChI=1S/C9H13N3O4/c1-4-3-6(12-11-4)8(14)10-7(5(2)13)9(15)16/h3,5,7,13H,1-2H3,(H,10,14)(H,11,12)(H,15,16). The van der Waals surface area contributed by atoms with E-state index in [0.29, 0.717) is 5.69 Å². The Labute approximate surface area is 91.5 Å². The monoisotopic (exact) mass is 227 g/mol. The average molecular weight is 227 g/mol. The number of aromatic amines is 1. The number of carboxylic acids is 1. The molecule has 7 heteroatoms. The number of rotatable bonds is 4. The SMILES string of the molecule is Cc1cc(C(=O)NC(C(=O)O)C(C)O)n[nH]1. The van der Waals surface area contributed by atoms with Gasteiger partial charge in [0.25, 0.3) is 5.91 Å². The number of amides is 1. The lowest BCUT2D eigenvalue weighted by molar-refractivity contribution is -0.141. The number of nitrogens with one attached hydrogen (secondary N) is 2. The van der Waals surface area contributed by atoms with Gasteiger partial charge in [0.05, 0.1) is 6.10 Å². The molecule has 88 valence electrons. The summed E-state index contributed by atoms with van der Waals surface area (Å²) in [7, 11) is 0. The third-order valence-electron chi connectivity index (χ3n) is 1.97. The Morgan fingerprint density at radius 3 is 2.56 bits per heavy atom. The van der Waals surface area contributed by atoms with Gasteiger partial charge in [0.1, 0.15) is 5.69 Å². The molecule has 2 atom stereocenters. The van der Waals surface area contributed by atoms with Crippen molar-refractivity contribution in [3.63, 3.8) is 0 Å². The third-order valence-corrected chi connectivity index (χ3v) is 1.97. The predicted molar refractivity (Wildman–Crippen MR) is 53.9 cm³/mol. The van der Waals surface area contributed by atoms with Crippen molar-refractivity contribution in [3.8, 4) is 0 Å². The van der Waals surface area contributed by atoms with Crippen LogP contribution in [0.1, 0.15) is 23.1 Å². The van der Waals surface area contributed by atoms with Crippen LogP contribution in [-0.4, -0.2) is 44.4 Å². The molecule has 0 saturated heterocycles. The van der Waals surface area contributed by atoms with Crippen LogP contribution < -0.4 is 5.32 Å². The first kappa shape index (κ1) is 12.2. The molecule has 0 aliphatic rings. The Morgan fingerprint density at radius 1 is 1.56 bits per heavy atom. The molecule has 4 N–H and O–H groups in total. The van der Waals surface area contributed by atoms with E-state index in [0.717, 1.165) is 0 Å². The lowest BCUT2D eigenvalue weighted by Crippen LogP contribution is -2.47. The van der Waals surface area contributed by atoms with Crippen LogP contribution in [0.25, 0.3) is 0 Å². The highest BCUT2D eigenvalue weighted by molar-refractivity contribution is 5.95. The Bertz CT molecular complexity index is 399. The zero-order valence-electron chi connectivity index (χ0n) is 8.89. The number of H-pyrrole nitrogens is 1. The van der Waals surface area contributed by atoms with Crippen molar-refractivity contribution in [2.24, 2.45) is 0 Å². The van der Waals surface area contributed by atoms with Crippen molar-refractivity contribution in [2.75, 3.05) is 0 Å². The number of aliphatic hydroxyl groups excluding tert-OH is 1. The van der Waals surface area contributed by atoms with Gasteiger partial charge in [-0.25, -0.2) is 4.79 Å². The van der Waals surface area contributed by atoms with Crippen molar-refractivity contribution < 1.29 is 19.8 Å². The minimum Gasteiger partial charge on any atom is -0.480 e. The Hall–Kier alpha value is -1.89. The van der Waals surface area contributed by atoms with Crippen LogP contribution in [0.2, 0.25) is 0 Å². The van der Waals surface area contributed by atoms with E-state index in [-0.39, 0.29) is 5.69 Å². The smallest absolute Gasteiger partial charge is 0.328 e. The van der Waals surface area contributed by atoms with E-state index >= 15 is 0 Å². The summed E-state index contributed by atoms with van der Waals surface area (Å²) in [6, 6.07) is 0.139. The number of aliphatic carboxylic acids is 1. The second-order valence-electron chi connectivity index (χ2n) is 3.47. The van der Waals surface area contributed by atoms with Gasteiger partial charge >= 0.3 is 5.97 Å².